The highest BCUT2D eigenvalue weighted by atomic mass is 19.1. The van der Waals surface area contributed by atoms with Crippen LogP contribution in [0.1, 0.15) is 31.2 Å². The van der Waals surface area contributed by atoms with E-state index in [1.54, 1.807) is 12.1 Å². The molecule has 1 aromatic rings. The minimum atomic E-state index is -0.185. The van der Waals surface area contributed by atoms with E-state index in [1.165, 1.54) is 6.07 Å². The molecule has 0 unspecified atom stereocenters. The summed E-state index contributed by atoms with van der Waals surface area (Å²) in [5, 5.41) is 0. The minimum Gasteiger partial charge on any atom is -0.300 e. The van der Waals surface area contributed by atoms with E-state index < -0.39 is 0 Å². The number of Topliss-reactive ketones (excluding diaryl/α,β-unsaturated/α-hetero) is 1. The number of rotatable bonds is 3. The number of carbonyl (C=O) groups excluding carboxylic acids is 1. The average Bonchev–Trinajstić information content (AvgIpc) is 2.29. The average molecular weight is 235 g/mol. The van der Waals surface area contributed by atoms with Crippen molar-refractivity contribution in [3.63, 3.8) is 0 Å². The molecule has 1 aliphatic carbocycles. The van der Waals surface area contributed by atoms with Crippen molar-refractivity contribution in [2.24, 2.45) is 0 Å². The number of hydrogen-bond donors (Lipinski definition) is 0. The van der Waals surface area contributed by atoms with E-state index >= 15 is 0 Å². The van der Waals surface area contributed by atoms with E-state index in [9.17, 15) is 9.18 Å². The summed E-state index contributed by atoms with van der Waals surface area (Å²) >= 11 is 0. The summed E-state index contributed by atoms with van der Waals surface area (Å²) in [5.74, 6) is 0.190. The summed E-state index contributed by atoms with van der Waals surface area (Å²) in [6.07, 6.45) is 3.26. The third-order valence-corrected chi connectivity index (χ3v) is 3.46. The number of hydrogen-bond acceptors (Lipinski definition) is 2. The van der Waals surface area contributed by atoms with Gasteiger partial charge in [-0.25, -0.2) is 4.39 Å². The summed E-state index contributed by atoms with van der Waals surface area (Å²) in [4.78, 5) is 13.4. The van der Waals surface area contributed by atoms with Gasteiger partial charge in [0.1, 0.15) is 11.6 Å². The zero-order valence-corrected chi connectivity index (χ0v) is 10.2. The predicted molar refractivity (Wildman–Crippen MR) is 65.1 cm³/mol. The third kappa shape index (κ3) is 3.37. The largest absolute Gasteiger partial charge is 0.300 e. The van der Waals surface area contributed by atoms with Gasteiger partial charge in [-0.15, -0.1) is 0 Å². The van der Waals surface area contributed by atoms with Crippen molar-refractivity contribution in [1.82, 2.24) is 4.90 Å². The van der Waals surface area contributed by atoms with Gasteiger partial charge in [-0.2, -0.15) is 0 Å². The van der Waals surface area contributed by atoms with Gasteiger partial charge in [0.15, 0.2) is 0 Å². The highest BCUT2D eigenvalue weighted by molar-refractivity contribution is 5.79. The van der Waals surface area contributed by atoms with Crippen LogP contribution in [0.25, 0.3) is 0 Å². The van der Waals surface area contributed by atoms with Crippen LogP contribution >= 0.6 is 0 Å². The number of carbonyl (C=O) groups is 1. The molecule has 0 amide bonds. The van der Waals surface area contributed by atoms with Gasteiger partial charge in [0, 0.05) is 25.4 Å². The van der Waals surface area contributed by atoms with Gasteiger partial charge in [0.25, 0.3) is 0 Å². The summed E-state index contributed by atoms with van der Waals surface area (Å²) < 4.78 is 13.0. The van der Waals surface area contributed by atoms with Crippen LogP contribution in [0, 0.1) is 5.82 Å². The predicted octanol–water partition coefficient (Wildman–Crippen LogP) is 2.77. The molecular formula is C14H18FNO. The van der Waals surface area contributed by atoms with E-state index in [0.717, 1.165) is 24.9 Å². The molecule has 92 valence electrons. The van der Waals surface area contributed by atoms with Gasteiger partial charge < -0.3 is 0 Å². The van der Waals surface area contributed by atoms with E-state index in [2.05, 4.69) is 4.90 Å². The summed E-state index contributed by atoms with van der Waals surface area (Å²) in [6.45, 7) is 0.747. The van der Waals surface area contributed by atoms with Crippen molar-refractivity contribution >= 4 is 5.78 Å². The lowest BCUT2D eigenvalue weighted by Gasteiger charge is -2.30. The standard InChI is InChI=1S/C14H18FNO/c1-16(13-5-7-14(17)8-6-13)10-11-3-2-4-12(15)9-11/h2-4,9,13H,5-8,10H2,1H3. The molecule has 0 N–H and O–H groups in total. The Bertz CT molecular complexity index is 395. The van der Waals surface area contributed by atoms with Crippen LogP contribution < -0.4 is 0 Å². The van der Waals surface area contributed by atoms with Crippen LogP contribution in [0.5, 0.6) is 0 Å². The van der Waals surface area contributed by atoms with Crippen LogP contribution in [0.2, 0.25) is 0 Å². The van der Waals surface area contributed by atoms with Gasteiger partial charge in [0.2, 0.25) is 0 Å². The Morgan fingerprint density at radius 2 is 2.06 bits per heavy atom. The molecule has 1 aromatic carbocycles. The van der Waals surface area contributed by atoms with Crippen LogP contribution in [-0.2, 0) is 11.3 Å². The molecule has 17 heavy (non-hydrogen) atoms. The molecule has 0 spiro atoms. The molecule has 2 rings (SSSR count). The smallest absolute Gasteiger partial charge is 0.133 e. The number of ketones is 1. The molecule has 1 fully saturated rings. The zero-order valence-electron chi connectivity index (χ0n) is 10.2. The van der Waals surface area contributed by atoms with Gasteiger partial charge >= 0.3 is 0 Å². The first-order valence-corrected chi connectivity index (χ1v) is 6.11. The maximum atomic E-state index is 13.0. The number of benzene rings is 1. The lowest BCUT2D eigenvalue weighted by atomic mass is 9.93. The molecule has 1 aliphatic rings. The lowest BCUT2D eigenvalue weighted by molar-refractivity contribution is -0.121. The first-order chi connectivity index (χ1) is 8.15. The van der Waals surface area contributed by atoms with Crippen LogP contribution in [0.15, 0.2) is 24.3 Å². The van der Waals surface area contributed by atoms with Crippen molar-refractivity contribution in [3.05, 3.63) is 35.6 Å². The first-order valence-electron chi connectivity index (χ1n) is 6.11. The van der Waals surface area contributed by atoms with Gasteiger partial charge in [0.05, 0.1) is 0 Å². The van der Waals surface area contributed by atoms with Crippen molar-refractivity contribution < 1.29 is 9.18 Å². The topological polar surface area (TPSA) is 20.3 Å². The monoisotopic (exact) mass is 235 g/mol. The number of halogens is 1. The Morgan fingerprint density at radius 1 is 1.35 bits per heavy atom. The molecule has 0 bridgehead atoms. The van der Waals surface area contributed by atoms with E-state index in [0.29, 0.717) is 24.7 Å². The lowest BCUT2D eigenvalue weighted by Crippen LogP contribution is -2.34. The van der Waals surface area contributed by atoms with Crippen molar-refractivity contribution in [2.45, 2.75) is 38.3 Å². The Morgan fingerprint density at radius 3 is 2.71 bits per heavy atom. The van der Waals surface area contributed by atoms with Gasteiger partial charge in [-0.05, 0) is 37.6 Å². The highest BCUT2D eigenvalue weighted by Crippen LogP contribution is 2.21. The molecular weight excluding hydrogens is 217 g/mol. The molecule has 0 saturated heterocycles. The van der Waals surface area contributed by atoms with Crippen molar-refractivity contribution in [1.29, 1.82) is 0 Å². The van der Waals surface area contributed by atoms with E-state index in [1.807, 2.05) is 13.1 Å². The molecule has 0 aliphatic heterocycles. The fourth-order valence-electron chi connectivity index (χ4n) is 2.42. The maximum Gasteiger partial charge on any atom is 0.133 e. The molecule has 2 nitrogen and oxygen atoms in total. The normalized spacial score (nSPS) is 17.7. The Kier molecular flexibility index (Phi) is 3.89. The van der Waals surface area contributed by atoms with Gasteiger partial charge in [-0.1, -0.05) is 12.1 Å². The van der Waals surface area contributed by atoms with Crippen molar-refractivity contribution in [3.8, 4) is 0 Å². The summed E-state index contributed by atoms with van der Waals surface area (Å²) in [6, 6.07) is 7.17. The summed E-state index contributed by atoms with van der Waals surface area (Å²) in [7, 11) is 2.05. The molecule has 0 heterocycles. The van der Waals surface area contributed by atoms with E-state index in [4.69, 9.17) is 0 Å². The fourth-order valence-corrected chi connectivity index (χ4v) is 2.42. The third-order valence-electron chi connectivity index (χ3n) is 3.46. The van der Waals surface area contributed by atoms with Gasteiger partial charge in [-0.3, -0.25) is 9.69 Å². The second kappa shape index (κ2) is 5.41. The van der Waals surface area contributed by atoms with Crippen LogP contribution in [0.3, 0.4) is 0 Å². The second-order valence-electron chi connectivity index (χ2n) is 4.81. The Labute approximate surface area is 101 Å². The fraction of sp³-hybridized carbons (Fsp3) is 0.500. The van der Waals surface area contributed by atoms with Crippen LogP contribution in [-0.4, -0.2) is 23.8 Å². The summed E-state index contributed by atoms with van der Waals surface area (Å²) in [5.41, 5.74) is 0.990. The molecule has 1 saturated carbocycles. The van der Waals surface area contributed by atoms with Crippen LogP contribution in [0.4, 0.5) is 4.39 Å². The molecule has 3 heteroatoms. The van der Waals surface area contributed by atoms with E-state index in [-0.39, 0.29) is 5.82 Å². The molecule has 0 aromatic heterocycles. The SMILES string of the molecule is CN(Cc1cccc(F)c1)C1CCC(=O)CC1. The number of nitrogens with zero attached hydrogens (tertiary/aromatic N) is 1. The maximum absolute atomic E-state index is 13.0. The second-order valence-corrected chi connectivity index (χ2v) is 4.81. The minimum absolute atomic E-state index is 0.185. The Hall–Kier alpha value is -1.22. The molecule has 0 atom stereocenters. The Balaban J connectivity index is 1.92. The highest BCUT2D eigenvalue weighted by Gasteiger charge is 2.21. The zero-order chi connectivity index (χ0) is 12.3. The quantitative estimate of drug-likeness (QED) is 0.803. The van der Waals surface area contributed by atoms with Crippen molar-refractivity contribution in [2.75, 3.05) is 7.05 Å². The first kappa shape index (κ1) is 12.2. The molecule has 0 radical (unpaired) electrons.